The number of unbranched alkanes of at least 4 members (excludes halogenated alkanes) is 7. The van der Waals surface area contributed by atoms with E-state index in [4.69, 9.17) is 0 Å². The zero-order valence-electron chi connectivity index (χ0n) is 12.5. The third-order valence-corrected chi connectivity index (χ3v) is 4.02. The van der Waals surface area contributed by atoms with E-state index in [2.05, 4.69) is 33.4 Å². The van der Waals surface area contributed by atoms with Gasteiger partial charge in [-0.15, -0.1) is 6.58 Å². The highest BCUT2D eigenvalue weighted by molar-refractivity contribution is 4.73. The highest BCUT2D eigenvalue weighted by Crippen LogP contribution is 2.21. The fraction of sp³-hybridized carbons (Fsp3) is 0.882. The van der Waals surface area contributed by atoms with E-state index in [0.29, 0.717) is 0 Å². The summed E-state index contributed by atoms with van der Waals surface area (Å²) in [5.41, 5.74) is 0. The summed E-state index contributed by atoms with van der Waals surface area (Å²) in [7, 11) is 0. The largest absolute Gasteiger partial charge is 0.103 e. The van der Waals surface area contributed by atoms with Gasteiger partial charge < -0.3 is 0 Å². The van der Waals surface area contributed by atoms with Gasteiger partial charge in [-0.1, -0.05) is 84.6 Å². The molecule has 0 nitrogen and oxygen atoms in total. The quantitative estimate of drug-likeness (QED) is 0.274. The van der Waals surface area contributed by atoms with Gasteiger partial charge in [-0.25, -0.2) is 0 Å². The summed E-state index contributed by atoms with van der Waals surface area (Å²) >= 11 is 0. The van der Waals surface area contributed by atoms with Crippen molar-refractivity contribution < 1.29 is 0 Å². The molecule has 0 aliphatic rings. The monoisotopic (exact) mass is 238 g/mol. The molecule has 0 N–H and O–H groups in total. The Balaban J connectivity index is 3.24. The van der Waals surface area contributed by atoms with E-state index < -0.39 is 0 Å². The van der Waals surface area contributed by atoms with Crippen molar-refractivity contribution in [3.05, 3.63) is 12.7 Å². The molecule has 0 aromatic heterocycles. The molecule has 0 spiro atoms. The van der Waals surface area contributed by atoms with E-state index in [1.165, 1.54) is 64.2 Å². The summed E-state index contributed by atoms with van der Waals surface area (Å²) < 4.78 is 0. The minimum atomic E-state index is 0.817. The van der Waals surface area contributed by atoms with Crippen molar-refractivity contribution in [1.82, 2.24) is 0 Å². The van der Waals surface area contributed by atoms with Crippen LogP contribution < -0.4 is 0 Å². The molecule has 0 aromatic rings. The first-order chi connectivity index (χ1) is 8.22. The molecule has 0 fully saturated rings. The van der Waals surface area contributed by atoms with Crippen molar-refractivity contribution in [3.8, 4) is 0 Å². The topological polar surface area (TPSA) is 0 Å². The van der Waals surface area contributed by atoms with Gasteiger partial charge in [-0.2, -0.15) is 0 Å². The molecule has 0 heterocycles. The second-order valence-corrected chi connectivity index (χ2v) is 5.74. The van der Waals surface area contributed by atoms with Gasteiger partial charge in [0.2, 0.25) is 0 Å². The Morgan fingerprint density at radius 2 is 1.35 bits per heavy atom. The summed E-state index contributed by atoms with van der Waals surface area (Å²) in [4.78, 5) is 0. The van der Waals surface area contributed by atoms with Gasteiger partial charge in [0.15, 0.2) is 0 Å². The van der Waals surface area contributed by atoms with Crippen LogP contribution in [0.15, 0.2) is 12.7 Å². The molecule has 0 aromatic carbocycles. The first-order valence-electron chi connectivity index (χ1n) is 7.83. The van der Waals surface area contributed by atoms with Gasteiger partial charge in [-0.3, -0.25) is 0 Å². The standard InChI is InChI=1S/C17H34/c1-5-7-8-9-10-11-12-13-15-17(4)16(3)14-6-2/h6,16-17H,2,5,7-15H2,1,3-4H3. The highest BCUT2D eigenvalue weighted by atomic mass is 14.1. The lowest BCUT2D eigenvalue weighted by Gasteiger charge is -2.18. The third kappa shape index (κ3) is 10.6. The average Bonchev–Trinajstić information content (AvgIpc) is 2.32. The maximum absolute atomic E-state index is 3.83. The van der Waals surface area contributed by atoms with Crippen molar-refractivity contribution in [3.63, 3.8) is 0 Å². The molecule has 0 rings (SSSR count). The number of hydrogen-bond acceptors (Lipinski definition) is 0. The van der Waals surface area contributed by atoms with Gasteiger partial charge in [0.1, 0.15) is 0 Å². The third-order valence-electron chi connectivity index (χ3n) is 4.02. The van der Waals surface area contributed by atoms with Crippen LogP contribution in [0.2, 0.25) is 0 Å². The van der Waals surface area contributed by atoms with Crippen LogP contribution >= 0.6 is 0 Å². The van der Waals surface area contributed by atoms with E-state index in [-0.39, 0.29) is 0 Å². The minimum absolute atomic E-state index is 0.817. The molecule has 0 aliphatic heterocycles. The van der Waals surface area contributed by atoms with Crippen molar-refractivity contribution in [2.75, 3.05) is 0 Å². The van der Waals surface area contributed by atoms with Crippen LogP contribution in [0.5, 0.6) is 0 Å². The number of rotatable bonds is 12. The fourth-order valence-electron chi connectivity index (χ4n) is 2.38. The van der Waals surface area contributed by atoms with E-state index in [9.17, 15) is 0 Å². The molecule has 2 unspecified atom stereocenters. The van der Waals surface area contributed by atoms with E-state index in [1.807, 2.05) is 0 Å². The van der Waals surface area contributed by atoms with Gasteiger partial charge in [-0.05, 0) is 18.3 Å². The minimum Gasteiger partial charge on any atom is -0.103 e. The van der Waals surface area contributed by atoms with Crippen LogP contribution in [0.25, 0.3) is 0 Å². The Hall–Kier alpha value is -0.260. The summed E-state index contributed by atoms with van der Waals surface area (Å²) in [6.45, 7) is 10.9. The van der Waals surface area contributed by atoms with Gasteiger partial charge in [0, 0.05) is 0 Å². The Morgan fingerprint density at radius 1 is 0.824 bits per heavy atom. The Bertz CT molecular complexity index is 159. The van der Waals surface area contributed by atoms with Crippen molar-refractivity contribution in [2.24, 2.45) is 11.8 Å². The maximum Gasteiger partial charge on any atom is -0.0325 e. The van der Waals surface area contributed by atoms with Crippen molar-refractivity contribution in [1.29, 1.82) is 0 Å². The summed E-state index contributed by atoms with van der Waals surface area (Å²) in [6, 6.07) is 0. The molecule has 0 aliphatic carbocycles. The molecule has 0 bridgehead atoms. The second kappa shape index (κ2) is 12.2. The average molecular weight is 238 g/mol. The molecule has 17 heavy (non-hydrogen) atoms. The van der Waals surface area contributed by atoms with Crippen LogP contribution in [0.3, 0.4) is 0 Å². The second-order valence-electron chi connectivity index (χ2n) is 5.74. The van der Waals surface area contributed by atoms with Gasteiger partial charge in [0.25, 0.3) is 0 Å². The van der Waals surface area contributed by atoms with E-state index in [1.54, 1.807) is 0 Å². The molecule has 0 saturated heterocycles. The zero-order valence-corrected chi connectivity index (χ0v) is 12.5. The van der Waals surface area contributed by atoms with Crippen LogP contribution in [-0.4, -0.2) is 0 Å². The zero-order chi connectivity index (χ0) is 12.9. The lowest BCUT2D eigenvalue weighted by atomic mass is 9.88. The Labute approximate surface area is 110 Å². The highest BCUT2D eigenvalue weighted by Gasteiger charge is 2.09. The predicted octanol–water partition coefficient (Wildman–Crippen LogP) is 6.37. The number of allylic oxidation sites excluding steroid dienone is 1. The molecule has 2 atom stereocenters. The molecule has 102 valence electrons. The maximum atomic E-state index is 3.83. The molecule has 0 amide bonds. The van der Waals surface area contributed by atoms with Crippen molar-refractivity contribution >= 4 is 0 Å². The van der Waals surface area contributed by atoms with Crippen LogP contribution in [0.4, 0.5) is 0 Å². The smallest absolute Gasteiger partial charge is 0.0325 e. The summed E-state index contributed by atoms with van der Waals surface area (Å²) in [5, 5.41) is 0. The molecule has 0 heteroatoms. The summed E-state index contributed by atoms with van der Waals surface area (Å²) in [6.07, 6.45) is 16.1. The predicted molar refractivity (Wildman–Crippen MR) is 80.4 cm³/mol. The first-order valence-corrected chi connectivity index (χ1v) is 7.83. The SMILES string of the molecule is C=CCC(C)C(C)CCCCCCCCCC. The van der Waals surface area contributed by atoms with E-state index in [0.717, 1.165) is 11.8 Å². The summed E-state index contributed by atoms with van der Waals surface area (Å²) in [5.74, 6) is 1.69. The normalized spacial score (nSPS) is 14.5. The lowest BCUT2D eigenvalue weighted by molar-refractivity contribution is 0.353. The van der Waals surface area contributed by atoms with Crippen molar-refractivity contribution in [2.45, 2.75) is 85.0 Å². The molecular weight excluding hydrogens is 204 g/mol. The van der Waals surface area contributed by atoms with Crippen LogP contribution in [0, 0.1) is 11.8 Å². The van der Waals surface area contributed by atoms with Gasteiger partial charge >= 0.3 is 0 Å². The molecule has 0 radical (unpaired) electrons. The van der Waals surface area contributed by atoms with Gasteiger partial charge in [0.05, 0.1) is 0 Å². The fourth-order valence-corrected chi connectivity index (χ4v) is 2.38. The number of hydrogen-bond donors (Lipinski definition) is 0. The molecule has 0 saturated carbocycles. The van der Waals surface area contributed by atoms with Crippen LogP contribution in [-0.2, 0) is 0 Å². The lowest BCUT2D eigenvalue weighted by Crippen LogP contribution is -2.06. The Kier molecular flexibility index (Phi) is 12.0. The van der Waals surface area contributed by atoms with Crippen LogP contribution in [0.1, 0.15) is 85.0 Å². The van der Waals surface area contributed by atoms with E-state index >= 15 is 0 Å². The Morgan fingerprint density at radius 3 is 1.88 bits per heavy atom. The first kappa shape index (κ1) is 16.7. The molecular formula is C17H34.